The smallest absolute Gasteiger partial charge is 0.208 e. The first-order valence-electron chi connectivity index (χ1n) is 8.65. The van der Waals surface area contributed by atoms with E-state index in [9.17, 15) is 8.42 Å². The van der Waals surface area contributed by atoms with Crippen LogP contribution in [0.4, 0.5) is 0 Å². The minimum Gasteiger partial charge on any atom is -0.314 e. The molecule has 2 aliphatic rings. The number of nitrogens with one attached hydrogen (secondary N) is 1. The molecule has 0 aliphatic carbocycles. The molecule has 3 heterocycles. The predicted octanol–water partition coefficient (Wildman–Crippen LogP) is 1.08. The number of hydrogen-bond donors (Lipinski definition) is 1. The Morgan fingerprint density at radius 2 is 2.04 bits per heavy atom. The minimum absolute atomic E-state index is 0.340. The van der Waals surface area contributed by atoms with Gasteiger partial charge in [-0.1, -0.05) is 6.42 Å². The van der Waals surface area contributed by atoms with E-state index >= 15 is 0 Å². The van der Waals surface area contributed by atoms with Crippen LogP contribution in [0.3, 0.4) is 0 Å². The largest absolute Gasteiger partial charge is 0.314 e. The van der Waals surface area contributed by atoms with Gasteiger partial charge in [0.1, 0.15) is 11.6 Å². The lowest BCUT2D eigenvalue weighted by Gasteiger charge is -2.24. The summed E-state index contributed by atoms with van der Waals surface area (Å²) >= 11 is 0. The van der Waals surface area contributed by atoms with E-state index in [1.54, 1.807) is 0 Å². The molecule has 1 aromatic rings. The summed E-state index contributed by atoms with van der Waals surface area (Å²) in [5.74, 6) is 2.26. The van der Waals surface area contributed by atoms with Crippen LogP contribution in [0, 0.1) is 0 Å². The molecule has 130 valence electrons. The van der Waals surface area contributed by atoms with Gasteiger partial charge in [-0.3, -0.25) is 4.90 Å². The Morgan fingerprint density at radius 1 is 1.17 bits per heavy atom. The Hall–Kier alpha value is -0.990. The fraction of sp³-hybridized carbons (Fsp3) is 0.867. The van der Waals surface area contributed by atoms with Gasteiger partial charge in [-0.25, -0.2) is 13.1 Å². The maximum atomic E-state index is 11.1. The third-order valence-electron chi connectivity index (χ3n) is 4.79. The summed E-state index contributed by atoms with van der Waals surface area (Å²) in [6.07, 6.45) is 9.06. The van der Waals surface area contributed by atoms with Gasteiger partial charge in [0.2, 0.25) is 10.0 Å². The molecular formula is C15H27N5O2S. The standard InChI is InChI=1S/C15H27N5O2S/c1-23(21,22)16-9-6-11-19-10-5-7-13(19)15-18-17-14-8-3-2-4-12-20(14)15/h13,16H,2-12H2,1H3/t13-/m1/s1. The quantitative estimate of drug-likeness (QED) is 0.783. The average Bonchev–Trinajstić information content (AvgIpc) is 3.03. The third-order valence-corrected chi connectivity index (χ3v) is 5.51. The zero-order chi connectivity index (χ0) is 16.3. The Bertz CT molecular complexity index is 628. The average molecular weight is 341 g/mol. The molecular weight excluding hydrogens is 314 g/mol. The van der Waals surface area contributed by atoms with Crippen molar-refractivity contribution in [1.82, 2.24) is 24.4 Å². The number of fused-ring (bicyclic) bond motifs is 1. The van der Waals surface area contributed by atoms with E-state index in [1.165, 1.54) is 31.9 Å². The molecule has 2 aliphatic heterocycles. The first-order valence-corrected chi connectivity index (χ1v) is 10.5. The molecule has 3 rings (SSSR count). The molecule has 1 fully saturated rings. The fourth-order valence-corrected chi connectivity index (χ4v) is 4.20. The fourth-order valence-electron chi connectivity index (χ4n) is 3.68. The van der Waals surface area contributed by atoms with Crippen LogP contribution in [0.25, 0.3) is 0 Å². The molecule has 7 nitrogen and oxygen atoms in total. The second-order valence-electron chi connectivity index (χ2n) is 6.65. The van der Waals surface area contributed by atoms with Gasteiger partial charge >= 0.3 is 0 Å². The maximum Gasteiger partial charge on any atom is 0.208 e. The maximum absolute atomic E-state index is 11.1. The first kappa shape index (κ1) is 16.9. The lowest BCUT2D eigenvalue weighted by atomic mass is 10.2. The van der Waals surface area contributed by atoms with Crippen molar-refractivity contribution in [3.8, 4) is 0 Å². The molecule has 0 bridgehead atoms. The lowest BCUT2D eigenvalue weighted by Crippen LogP contribution is -2.30. The molecule has 1 atom stereocenters. The predicted molar refractivity (Wildman–Crippen MR) is 88.6 cm³/mol. The van der Waals surface area contributed by atoms with E-state index < -0.39 is 10.0 Å². The van der Waals surface area contributed by atoms with Gasteiger partial charge in [0.15, 0.2) is 0 Å². The van der Waals surface area contributed by atoms with Crippen LogP contribution in [0.2, 0.25) is 0 Å². The summed E-state index contributed by atoms with van der Waals surface area (Å²) in [5.41, 5.74) is 0. The van der Waals surface area contributed by atoms with Gasteiger partial charge in [-0.05, 0) is 38.6 Å². The second-order valence-corrected chi connectivity index (χ2v) is 8.48. The second kappa shape index (κ2) is 7.27. The number of sulfonamides is 1. The van der Waals surface area contributed by atoms with Crippen molar-refractivity contribution in [2.24, 2.45) is 0 Å². The van der Waals surface area contributed by atoms with Crippen molar-refractivity contribution in [1.29, 1.82) is 0 Å². The topological polar surface area (TPSA) is 80.1 Å². The highest BCUT2D eigenvalue weighted by molar-refractivity contribution is 7.88. The van der Waals surface area contributed by atoms with Gasteiger partial charge in [-0.15, -0.1) is 10.2 Å². The molecule has 0 unspecified atom stereocenters. The van der Waals surface area contributed by atoms with Gasteiger partial charge in [0.05, 0.1) is 12.3 Å². The Balaban J connectivity index is 1.62. The number of hydrogen-bond acceptors (Lipinski definition) is 5. The summed E-state index contributed by atoms with van der Waals surface area (Å²) in [6.45, 7) is 3.50. The van der Waals surface area contributed by atoms with E-state index in [1.807, 2.05) is 0 Å². The van der Waals surface area contributed by atoms with Crippen LogP contribution in [-0.2, 0) is 23.0 Å². The molecule has 0 spiro atoms. The van der Waals surface area contributed by atoms with E-state index in [2.05, 4.69) is 24.4 Å². The van der Waals surface area contributed by atoms with Crippen molar-refractivity contribution >= 4 is 10.0 Å². The van der Waals surface area contributed by atoms with E-state index in [4.69, 9.17) is 0 Å². The highest BCUT2D eigenvalue weighted by Crippen LogP contribution is 2.32. The first-order chi connectivity index (χ1) is 11.0. The Kier molecular flexibility index (Phi) is 5.33. The van der Waals surface area contributed by atoms with Crippen LogP contribution < -0.4 is 4.72 Å². The molecule has 0 aromatic carbocycles. The number of likely N-dealkylation sites (tertiary alicyclic amines) is 1. The lowest BCUT2D eigenvalue weighted by molar-refractivity contribution is 0.240. The molecule has 0 radical (unpaired) electrons. The normalized spacial score (nSPS) is 22.9. The number of rotatable bonds is 6. The molecule has 0 saturated carbocycles. The Morgan fingerprint density at radius 3 is 2.87 bits per heavy atom. The summed E-state index contributed by atoms with van der Waals surface area (Å²) in [4.78, 5) is 2.44. The summed E-state index contributed by atoms with van der Waals surface area (Å²) in [7, 11) is -3.09. The molecule has 1 saturated heterocycles. The SMILES string of the molecule is CS(=O)(=O)NCCCN1CCC[C@@H]1c1nnc2n1CCCCC2. The molecule has 1 N–H and O–H groups in total. The van der Waals surface area contributed by atoms with Crippen molar-refractivity contribution in [2.75, 3.05) is 25.9 Å². The van der Waals surface area contributed by atoms with Gasteiger partial charge in [0.25, 0.3) is 0 Å². The number of aromatic nitrogens is 3. The zero-order valence-corrected chi connectivity index (χ0v) is 14.7. The van der Waals surface area contributed by atoms with Gasteiger partial charge < -0.3 is 4.57 Å². The summed E-state index contributed by atoms with van der Waals surface area (Å²) in [6, 6.07) is 0.340. The zero-order valence-electron chi connectivity index (χ0n) is 13.9. The van der Waals surface area contributed by atoms with Crippen molar-refractivity contribution in [2.45, 2.75) is 57.5 Å². The Labute approximate surface area is 138 Å². The van der Waals surface area contributed by atoms with Gasteiger partial charge in [-0.2, -0.15) is 0 Å². The van der Waals surface area contributed by atoms with E-state index in [0.717, 1.165) is 50.5 Å². The van der Waals surface area contributed by atoms with Crippen LogP contribution in [-0.4, -0.2) is 54.0 Å². The highest BCUT2D eigenvalue weighted by atomic mass is 32.2. The molecule has 23 heavy (non-hydrogen) atoms. The van der Waals surface area contributed by atoms with Crippen LogP contribution in [0.5, 0.6) is 0 Å². The van der Waals surface area contributed by atoms with Crippen molar-refractivity contribution < 1.29 is 8.42 Å². The van der Waals surface area contributed by atoms with Gasteiger partial charge in [0, 0.05) is 26.1 Å². The van der Waals surface area contributed by atoms with Crippen LogP contribution >= 0.6 is 0 Å². The third kappa shape index (κ3) is 4.30. The summed E-state index contributed by atoms with van der Waals surface area (Å²) in [5, 5.41) is 8.92. The number of nitrogens with zero attached hydrogens (tertiary/aromatic N) is 4. The van der Waals surface area contributed by atoms with E-state index in [-0.39, 0.29) is 0 Å². The molecule has 0 amide bonds. The minimum atomic E-state index is -3.09. The van der Waals surface area contributed by atoms with Crippen molar-refractivity contribution in [3.63, 3.8) is 0 Å². The van der Waals surface area contributed by atoms with E-state index in [0.29, 0.717) is 12.6 Å². The molecule has 1 aromatic heterocycles. The van der Waals surface area contributed by atoms with Crippen LogP contribution in [0.15, 0.2) is 0 Å². The number of aryl methyl sites for hydroxylation is 1. The van der Waals surface area contributed by atoms with Crippen LogP contribution in [0.1, 0.15) is 56.2 Å². The summed E-state index contributed by atoms with van der Waals surface area (Å²) < 4.78 is 27.2. The van der Waals surface area contributed by atoms with Crippen molar-refractivity contribution in [3.05, 3.63) is 11.6 Å². The monoisotopic (exact) mass is 341 g/mol. The molecule has 8 heteroatoms. The highest BCUT2D eigenvalue weighted by Gasteiger charge is 2.30.